The van der Waals surface area contributed by atoms with Crippen molar-refractivity contribution in [1.82, 2.24) is 10.6 Å². The van der Waals surface area contributed by atoms with Gasteiger partial charge in [-0.3, -0.25) is 14.4 Å². The maximum absolute atomic E-state index is 12.9. The first-order valence-electron chi connectivity index (χ1n) is 9.72. The van der Waals surface area contributed by atoms with E-state index >= 15 is 0 Å². The summed E-state index contributed by atoms with van der Waals surface area (Å²) in [7, 11) is 0. The fourth-order valence-electron chi connectivity index (χ4n) is 3.01. The van der Waals surface area contributed by atoms with Crippen LogP contribution in [0.3, 0.4) is 0 Å². The molecule has 8 heteroatoms. The molecule has 1 unspecified atom stereocenters. The van der Waals surface area contributed by atoms with Gasteiger partial charge in [-0.1, -0.05) is 18.2 Å². The molecule has 0 aromatic heterocycles. The zero-order valence-corrected chi connectivity index (χ0v) is 18.0. The molecular weight excluding hydrogens is 402 g/mol. The minimum absolute atomic E-state index is 0.00226. The number of hydrogen-bond donors (Lipinski definition) is 3. The minimum atomic E-state index is -0.288. The highest BCUT2D eigenvalue weighted by Gasteiger charge is 2.20. The van der Waals surface area contributed by atoms with E-state index in [-0.39, 0.29) is 42.2 Å². The lowest BCUT2D eigenvalue weighted by atomic mass is 10.1. The maximum atomic E-state index is 12.9. The Kier molecular flexibility index (Phi) is 6.99. The summed E-state index contributed by atoms with van der Waals surface area (Å²) < 4.78 is 5.37. The first-order chi connectivity index (χ1) is 14.3. The van der Waals surface area contributed by atoms with Gasteiger partial charge in [-0.25, -0.2) is 0 Å². The molecule has 0 spiro atoms. The van der Waals surface area contributed by atoms with Crippen molar-refractivity contribution >= 4 is 35.2 Å². The number of hydrogen-bond acceptors (Lipinski definition) is 5. The van der Waals surface area contributed by atoms with Crippen molar-refractivity contribution in [3.8, 4) is 5.75 Å². The van der Waals surface area contributed by atoms with Crippen LogP contribution in [-0.2, 0) is 9.59 Å². The van der Waals surface area contributed by atoms with E-state index < -0.39 is 0 Å². The van der Waals surface area contributed by atoms with Gasteiger partial charge >= 0.3 is 0 Å². The molecule has 3 rings (SSSR count). The third-order valence-electron chi connectivity index (χ3n) is 4.42. The van der Waals surface area contributed by atoms with E-state index in [1.165, 1.54) is 11.8 Å². The van der Waals surface area contributed by atoms with Crippen molar-refractivity contribution in [2.24, 2.45) is 0 Å². The molecule has 0 saturated heterocycles. The summed E-state index contributed by atoms with van der Waals surface area (Å²) in [6, 6.07) is 12.4. The van der Waals surface area contributed by atoms with E-state index in [2.05, 4.69) is 16.0 Å². The quantitative estimate of drug-likeness (QED) is 0.590. The van der Waals surface area contributed by atoms with E-state index in [1.807, 2.05) is 39.0 Å². The van der Waals surface area contributed by atoms with E-state index in [4.69, 9.17) is 4.74 Å². The molecule has 3 amide bonds. The van der Waals surface area contributed by atoms with Gasteiger partial charge < -0.3 is 20.7 Å². The van der Waals surface area contributed by atoms with Crippen LogP contribution in [-0.4, -0.2) is 36.1 Å². The predicted octanol–water partition coefficient (Wildman–Crippen LogP) is 3.13. The molecule has 0 fully saturated rings. The molecule has 0 aliphatic carbocycles. The van der Waals surface area contributed by atoms with Gasteiger partial charge in [0, 0.05) is 10.9 Å². The number of ether oxygens (including phenoxy) is 1. The molecule has 1 heterocycles. The SMILES string of the molecule is CC(C)NC(=O)CSc1ccccc1C(=O)NC(C)c1ccc2c(c1)NC(=O)CO2. The molecule has 0 radical (unpaired) electrons. The Hall–Kier alpha value is -3.00. The van der Waals surface area contributed by atoms with Gasteiger partial charge in [0.15, 0.2) is 6.61 Å². The Morgan fingerprint density at radius 1 is 1.13 bits per heavy atom. The normalized spacial score (nSPS) is 13.7. The van der Waals surface area contributed by atoms with Gasteiger partial charge in [0.05, 0.1) is 23.0 Å². The topological polar surface area (TPSA) is 96.5 Å². The number of fused-ring (bicyclic) bond motifs is 1. The number of rotatable bonds is 7. The van der Waals surface area contributed by atoms with Crippen molar-refractivity contribution in [3.05, 3.63) is 53.6 Å². The number of anilines is 1. The van der Waals surface area contributed by atoms with Crippen LogP contribution in [0.15, 0.2) is 47.4 Å². The van der Waals surface area contributed by atoms with Gasteiger partial charge in [0.2, 0.25) is 5.91 Å². The first-order valence-corrected chi connectivity index (χ1v) is 10.7. The van der Waals surface area contributed by atoms with Gasteiger partial charge in [-0.15, -0.1) is 11.8 Å². The Morgan fingerprint density at radius 3 is 2.67 bits per heavy atom. The molecule has 1 aliphatic rings. The monoisotopic (exact) mass is 427 g/mol. The van der Waals surface area contributed by atoms with Crippen LogP contribution in [0.1, 0.15) is 42.7 Å². The minimum Gasteiger partial charge on any atom is -0.482 e. The summed E-state index contributed by atoms with van der Waals surface area (Å²) in [4.78, 5) is 37.1. The average Bonchev–Trinajstić information content (AvgIpc) is 2.71. The molecule has 30 heavy (non-hydrogen) atoms. The Bertz CT molecular complexity index is 961. The third kappa shape index (κ3) is 5.54. The molecule has 2 aromatic carbocycles. The van der Waals surface area contributed by atoms with Crippen LogP contribution < -0.4 is 20.7 Å². The highest BCUT2D eigenvalue weighted by molar-refractivity contribution is 8.00. The molecule has 3 N–H and O–H groups in total. The van der Waals surface area contributed by atoms with E-state index in [0.29, 0.717) is 17.0 Å². The smallest absolute Gasteiger partial charge is 0.262 e. The van der Waals surface area contributed by atoms with Crippen molar-refractivity contribution < 1.29 is 19.1 Å². The summed E-state index contributed by atoms with van der Waals surface area (Å²) in [6.45, 7) is 5.69. The number of amides is 3. The van der Waals surface area contributed by atoms with E-state index in [9.17, 15) is 14.4 Å². The number of nitrogens with one attached hydrogen (secondary N) is 3. The highest BCUT2D eigenvalue weighted by atomic mass is 32.2. The Morgan fingerprint density at radius 2 is 1.90 bits per heavy atom. The molecule has 2 aromatic rings. The molecule has 0 bridgehead atoms. The fourth-order valence-corrected chi connectivity index (χ4v) is 3.88. The number of carbonyl (C=O) groups excluding carboxylic acids is 3. The highest BCUT2D eigenvalue weighted by Crippen LogP contribution is 2.31. The molecule has 7 nitrogen and oxygen atoms in total. The molecular formula is C22H25N3O4S. The second-order valence-corrected chi connectivity index (χ2v) is 8.31. The van der Waals surface area contributed by atoms with Gasteiger partial charge in [0.25, 0.3) is 11.8 Å². The third-order valence-corrected chi connectivity index (χ3v) is 5.50. The largest absolute Gasteiger partial charge is 0.482 e. The average molecular weight is 428 g/mol. The van der Waals surface area contributed by atoms with E-state index in [1.54, 1.807) is 24.3 Å². The lowest BCUT2D eigenvalue weighted by Crippen LogP contribution is -2.31. The van der Waals surface area contributed by atoms with Crippen LogP contribution in [0, 0.1) is 0 Å². The zero-order chi connectivity index (χ0) is 21.7. The van der Waals surface area contributed by atoms with Crippen molar-refractivity contribution in [1.29, 1.82) is 0 Å². The number of thioether (sulfide) groups is 1. The standard InChI is InChI=1S/C22H25N3O4S/c1-13(2)23-21(27)12-30-19-7-5-4-6-16(19)22(28)24-14(3)15-8-9-18-17(10-15)25-20(26)11-29-18/h4-10,13-14H,11-12H2,1-3H3,(H,23,27)(H,24,28)(H,25,26). The van der Waals surface area contributed by atoms with Gasteiger partial charge in [-0.05, 0) is 50.6 Å². The fraction of sp³-hybridized carbons (Fsp3) is 0.318. The number of benzene rings is 2. The second-order valence-electron chi connectivity index (χ2n) is 7.29. The summed E-state index contributed by atoms with van der Waals surface area (Å²) in [5, 5.41) is 8.60. The molecule has 158 valence electrons. The van der Waals surface area contributed by atoms with Gasteiger partial charge in [-0.2, -0.15) is 0 Å². The predicted molar refractivity (Wildman–Crippen MR) is 117 cm³/mol. The van der Waals surface area contributed by atoms with Gasteiger partial charge in [0.1, 0.15) is 5.75 Å². The van der Waals surface area contributed by atoms with Crippen molar-refractivity contribution in [2.75, 3.05) is 17.7 Å². The van der Waals surface area contributed by atoms with E-state index in [0.717, 1.165) is 10.5 Å². The maximum Gasteiger partial charge on any atom is 0.262 e. The van der Waals surface area contributed by atoms with Crippen LogP contribution >= 0.6 is 11.8 Å². The first kappa shape index (κ1) is 21.7. The summed E-state index contributed by atoms with van der Waals surface area (Å²) in [6.07, 6.45) is 0. The molecule has 1 aliphatic heterocycles. The van der Waals surface area contributed by atoms with Crippen LogP contribution in [0.25, 0.3) is 0 Å². The Labute approximate surface area is 180 Å². The lowest BCUT2D eigenvalue weighted by molar-refractivity contribution is -0.119. The summed E-state index contributed by atoms with van der Waals surface area (Å²) >= 11 is 1.33. The molecule has 0 saturated carbocycles. The molecule has 1 atom stereocenters. The van der Waals surface area contributed by atoms with Crippen LogP contribution in [0.5, 0.6) is 5.75 Å². The zero-order valence-electron chi connectivity index (χ0n) is 17.2. The van der Waals surface area contributed by atoms with Crippen LogP contribution in [0.2, 0.25) is 0 Å². The lowest BCUT2D eigenvalue weighted by Gasteiger charge is -2.21. The number of carbonyl (C=O) groups is 3. The summed E-state index contributed by atoms with van der Waals surface area (Å²) in [5.74, 6) is 0.342. The summed E-state index contributed by atoms with van der Waals surface area (Å²) in [5.41, 5.74) is 1.95. The van der Waals surface area contributed by atoms with Crippen molar-refractivity contribution in [3.63, 3.8) is 0 Å². The second kappa shape index (κ2) is 9.67. The Balaban J connectivity index is 1.68. The van der Waals surface area contributed by atoms with Crippen molar-refractivity contribution in [2.45, 2.75) is 37.8 Å². The van der Waals surface area contributed by atoms with Crippen LogP contribution in [0.4, 0.5) is 5.69 Å².